The summed E-state index contributed by atoms with van der Waals surface area (Å²) in [6.45, 7) is 2.57. The largest absolute Gasteiger partial charge is 0.310 e. The van der Waals surface area contributed by atoms with E-state index in [4.69, 9.17) is 0 Å². The second-order valence-electron chi connectivity index (χ2n) is 5.92. The Kier molecular flexibility index (Phi) is 5.67. The Morgan fingerprint density at radius 3 is 2.67 bits per heavy atom. The van der Waals surface area contributed by atoms with Crippen molar-refractivity contribution in [2.24, 2.45) is 5.92 Å². The van der Waals surface area contributed by atoms with Gasteiger partial charge in [0, 0.05) is 24.2 Å². The molecular formula is C16H23FN2O2. The minimum Gasteiger partial charge on any atom is -0.310 e. The average molecular weight is 294 g/mol. The third-order valence-electron chi connectivity index (χ3n) is 4.36. The van der Waals surface area contributed by atoms with Gasteiger partial charge in [-0.1, -0.05) is 19.8 Å². The van der Waals surface area contributed by atoms with Crippen LogP contribution < -0.4 is 5.32 Å². The molecule has 0 unspecified atom stereocenters. The lowest BCUT2D eigenvalue weighted by molar-refractivity contribution is -0.385. The molecule has 1 aliphatic carbocycles. The molecule has 0 saturated heterocycles. The van der Waals surface area contributed by atoms with Gasteiger partial charge in [0.15, 0.2) is 0 Å². The lowest BCUT2D eigenvalue weighted by atomic mass is 9.83. The van der Waals surface area contributed by atoms with E-state index in [1.54, 1.807) is 0 Å². The zero-order chi connectivity index (χ0) is 15.2. The predicted molar refractivity (Wildman–Crippen MR) is 80.5 cm³/mol. The van der Waals surface area contributed by atoms with E-state index in [0.717, 1.165) is 24.8 Å². The molecule has 0 heterocycles. The maximum atomic E-state index is 13.3. The van der Waals surface area contributed by atoms with Crippen LogP contribution in [0, 0.1) is 21.8 Å². The van der Waals surface area contributed by atoms with Crippen LogP contribution in [-0.2, 0) is 6.54 Å². The number of nitro groups is 1. The summed E-state index contributed by atoms with van der Waals surface area (Å²) in [5.41, 5.74) is 0.416. The molecule has 0 spiro atoms. The van der Waals surface area contributed by atoms with Gasteiger partial charge in [0.1, 0.15) is 5.82 Å². The van der Waals surface area contributed by atoms with Gasteiger partial charge < -0.3 is 5.32 Å². The number of nitro benzene ring substituents is 1. The first kappa shape index (κ1) is 15.9. The van der Waals surface area contributed by atoms with Crippen molar-refractivity contribution in [3.8, 4) is 0 Å². The van der Waals surface area contributed by atoms with Gasteiger partial charge in [-0.05, 0) is 43.7 Å². The van der Waals surface area contributed by atoms with E-state index in [1.165, 1.54) is 37.8 Å². The predicted octanol–water partition coefficient (Wildman–Crippen LogP) is 4.18. The number of benzene rings is 1. The Labute approximate surface area is 124 Å². The van der Waals surface area contributed by atoms with E-state index in [-0.39, 0.29) is 5.69 Å². The Balaban J connectivity index is 1.89. The van der Waals surface area contributed by atoms with E-state index in [1.807, 2.05) is 0 Å². The first-order valence-electron chi connectivity index (χ1n) is 7.76. The number of hydrogen-bond donors (Lipinski definition) is 1. The summed E-state index contributed by atoms with van der Waals surface area (Å²) in [5.74, 6) is 0.403. The monoisotopic (exact) mass is 294 g/mol. The quantitative estimate of drug-likeness (QED) is 0.632. The summed E-state index contributed by atoms with van der Waals surface area (Å²) < 4.78 is 13.3. The van der Waals surface area contributed by atoms with E-state index in [2.05, 4.69) is 12.2 Å². The molecule has 0 amide bonds. The van der Waals surface area contributed by atoms with Crippen molar-refractivity contribution < 1.29 is 9.31 Å². The molecule has 1 aromatic rings. The van der Waals surface area contributed by atoms with Crippen molar-refractivity contribution in [2.45, 2.75) is 58.0 Å². The molecule has 4 nitrogen and oxygen atoms in total. The zero-order valence-electron chi connectivity index (χ0n) is 12.5. The minimum atomic E-state index is -0.450. The fraction of sp³-hybridized carbons (Fsp3) is 0.625. The molecule has 0 aromatic heterocycles. The van der Waals surface area contributed by atoms with Crippen LogP contribution in [0.5, 0.6) is 0 Å². The Bertz CT molecular complexity index is 485. The summed E-state index contributed by atoms with van der Waals surface area (Å²) in [4.78, 5) is 10.5. The number of nitrogens with one attached hydrogen (secondary N) is 1. The van der Waals surface area contributed by atoms with Gasteiger partial charge in [-0.2, -0.15) is 0 Å². The molecular weight excluding hydrogens is 271 g/mol. The lowest BCUT2D eigenvalue weighted by Gasteiger charge is -2.29. The normalized spacial score (nSPS) is 22.2. The molecule has 21 heavy (non-hydrogen) atoms. The van der Waals surface area contributed by atoms with Crippen LogP contribution in [0.3, 0.4) is 0 Å². The van der Waals surface area contributed by atoms with Crippen LogP contribution in [0.2, 0.25) is 0 Å². The van der Waals surface area contributed by atoms with Crippen molar-refractivity contribution in [2.75, 3.05) is 0 Å². The van der Waals surface area contributed by atoms with E-state index in [0.29, 0.717) is 18.2 Å². The fourth-order valence-electron chi connectivity index (χ4n) is 3.19. The van der Waals surface area contributed by atoms with Crippen LogP contribution in [0.1, 0.15) is 51.0 Å². The van der Waals surface area contributed by atoms with Crippen LogP contribution in [0.15, 0.2) is 18.2 Å². The summed E-state index contributed by atoms with van der Waals surface area (Å²) in [6.07, 6.45) is 7.18. The molecule has 5 heteroatoms. The van der Waals surface area contributed by atoms with Crippen molar-refractivity contribution in [1.82, 2.24) is 5.32 Å². The third-order valence-corrected chi connectivity index (χ3v) is 4.36. The molecule has 1 fully saturated rings. The minimum absolute atomic E-state index is 0.0106. The maximum absolute atomic E-state index is 13.3. The molecule has 116 valence electrons. The highest BCUT2D eigenvalue weighted by molar-refractivity contribution is 5.40. The Hall–Kier alpha value is -1.49. The van der Waals surface area contributed by atoms with Crippen LogP contribution >= 0.6 is 0 Å². The molecule has 0 radical (unpaired) electrons. The van der Waals surface area contributed by atoms with Gasteiger partial charge in [0.25, 0.3) is 5.69 Å². The molecule has 1 aliphatic rings. The van der Waals surface area contributed by atoms with Gasteiger partial charge in [0.05, 0.1) is 4.92 Å². The SMILES string of the molecule is CCCC1CCC(NCc2cc(F)ccc2[N+](=O)[O-])CC1. The number of rotatable bonds is 6. The molecule has 2 rings (SSSR count). The van der Waals surface area contributed by atoms with Gasteiger partial charge in [-0.15, -0.1) is 0 Å². The molecule has 1 aromatic carbocycles. The van der Waals surface area contributed by atoms with Crippen molar-refractivity contribution in [3.63, 3.8) is 0 Å². The lowest BCUT2D eigenvalue weighted by Crippen LogP contribution is -2.32. The third kappa shape index (κ3) is 4.49. The van der Waals surface area contributed by atoms with Gasteiger partial charge in [-0.25, -0.2) is 4.39 Å². The fourth-order valence-corrected chi connectivity index (χ4v) is 3.19. The summed E-state index contributed by atoms with van der Waals surface area (Å²) in [7, 11) is 0. The first-order valence-corrected chi connectivity index (χ1v) is 7.76. The number of hydrogen-bond acceptors (Lipinski definition) is 3. The summed E-state index contributed by atoms with van der Waals surface area (Å²) >= 11 is 0. The molecule has 0 bridgehead atoms. The maximum Gasteiger partial charge on any atom is 0.274 e. The molecule has 1 saturated carbocycles. The van der Waals surface area contributed by atoms with Gasteiger partial charge in [-0.3, -0.25) is 10.1 Å². The molecule has 0 aliphatic heterocycles. The highest BCUT2D eigenvalue weighted by Crippen LogP contribution is 2.28. The van der Waals surface area contributed by atoms with Crippen molar-refractivity contribution >= 4 is 5.69 Å². The summed E-state index contributed by atoms with van der Waals surface area (Å²) in [6, 6.07) is 4.02. The molecule has 0 atom stereocenters. The topological polar surface area (TPSA) is 55.2 Å². The highest BCUT2D eigenvalue weighted by Gasteiger charge is 2.21. The van der Waals surface area contributed by atoms with Crippen LogP contribution in [-0.4, -0.2) is 11.0 Å². The standard InChI is InChI=1S/C16H23FN2O2/c1-2-3-12-4-7-15(8-5-12)18-11-13-10-14(17)6-9-16(13)19(20)21/h6,9-10,12,15,18H,2-5,7-8,11H2,1H3. The smallest absolute Gasteiger partial charge is 0.274 e. The first-order chi connectivity index (χ1) is 10.1. The van der Waals surface area contributed by atoms with E-state index < -0.39 is 10.7 Å². The van der Waals surface area contributed by atoms with E-state index in [9.17, 15) is 14.5 Å². The van der Waals surface area contributed by atoms with E-state index >= 15 is 0 Å². The number of nitrogens with zero attached hydrogens (tertiary/aromatic N) is 1. The Morgan fingerprint density at radius 1 is 1.33 bits per heavy atom. The zero-order valence-corrected chi connectivity index (χ0v) is 12.5. The number of halogens is 1. The highest BCUT2D eigenvalue weighted by atomic mass is 19.1. The van der Waals surface area contributed by atoms with Crippen molar-refractivity contribution in [1.29, 1.82) is 0 Å². The van der Waals surface area contributed by atoms with Gasteiger partial charge >= 0.3 is 0 Å². The second-order valence-corrected chi connectivity index (χ2v) is 5.92. The van der Waals surface area contributed by atoms with Crippen LogP contribution in [0.4, 0.5) is 10.1 Å². The Morgan fingerprint density at radius 2 is 2.05 bits per heavy atom. The van der Waals surface area contributed by atoms with Crippen LogP contribution in [0.25, 0.3) is 0 Å². The van der Waals surface area contributed by atoms with Gasteiger partial charge in [0.2, 0.25) is 0 Å². The average Bonchev–Trinajstić information content (AvgIpc) is 2.46. The van der Waals surface area contributed by atoms with Crippen molar-refractivity contribution in [3.05, 3.63) is 39.7 Å². The second kappa shape index (κ2) is 7.50. The molecule has 1 N–H and O–H groups in total. The summed E-state index contributed by atoms with van der Waals surface area (Å²) in [5, 5.41) is 14.3.